The van der Waals surface area contributed by atoms with E-state index in [0.717, 1.165) is 55.2 Å². The van der Waals surface area contributed by atoms with Gasteiger partial charge in [-0.15, -0.1) is 0 Å². The zero-order chi connectivity index (χ0) is 18.9. The molecule has 1 aromatic carbocycles. The van der Waals surface area contributed by atoms with Crippen molar-refractivity contribution in [2.24, 2.45) is 5.92 Å². The van der Waals surface area contributed by atoms with E-state index in [1.807, 2.05) is 25.1 Å². The zero-order valence-electron chi connectivity index (χ0n) is 16.2. The van der Waals surface area contributed by atoms with Crippen LogP contribution in [0.2, 0.25) is 0 Å². The van der Waals surface area contributed by atoms with Crippen molar-refractivity contribution < 1.29 is 9.53 Å². The number of rotatable bonds is 8. The van der Waals surface area contributed by atoms with E-state index in [1.54, 1.807) is 0 Å². The normalized spacial score (nSPS) is 17.0. The van der Waals surface area contributed by atoms with Crippen LogP contribution in [0.25, 0.3) is 5.57 Å². The minimum atomic E-state index is -0.467. The summed E-state index contributed by atoms with van der Waals surface area (Å²) < 4.78 is 5.50. The Kier molecular flexibility index (Phi) is 7.66. The van der Waals surface area contributed by atoms with Crippen LogP contribution in [0.3, 0.4) is 0 Å². The maximum atomic E-state index is 12.5. The fourth-order valence-electron chi connectivity index (χ4n) is 3.52. The van der Waals surface area contributed by atoms with Crippen molar-refractivity contribution in [3.05, 3.63) is 52.6 Å². The lowest BCUT2D eigenvalue weighted by atomic mass is 9.99. The number of nitriles is 1. The molecule has 1 aromatic rings. The summed E-state index contributed by atoms with van der Waals surface area (Å²) in [7, 11) is 0. The molecule has 0 radical (unpaired) electrons. The molecule has 1 aliphatic rings. The first-order valence-corrected chi connectivity index (χ1v) is 9.68. The van der Waals surface area contributed by atoms with Gasteiger partial charge in [-0.2, -0.15) is 5.26 Å². The third-order valence-corrected chi connectivity index (χ3v) is 5.26. The van der Waals surface area contributed by atoms with Gasteiger partial charge in [-0.1, -0.05) is 63.4 Å². The SMILES string of the molecule is CCCCC(CC)COC(=O)/C(C#N)=C1\CCC(c2ccccc2)=C1C. The van der Waals surface area contributed by atoms with Crippen LogP contribution in [0, 0.1) is 17.2 Å². The maximum Gasteiger partial charge on any atom is 0.349 e. The van der Waals surface area contributed by atoms with Crippen molar-refractivity contribution in [3.8, 4) is 6.07 Å². The summed E-state index contributed by atoms with van der Waals surface area (Å²) in [6.07, 6.45) is 5.92. The molecule has 0 saturated heterocycles. The Morgan fingerprint density at radius 2 is 1.96 bits per heavy atom. The molecule has 1 atom stereocenters. The molecule has 1 unspecified atom stereocenters. The van der Waals surface area contributed by atoms with Crippen LogP contribution in [0.1, 0.15) is 64.9 Å². The van der Waals surface area contributed by atoms with Gasteiger partial charge in [0, 0.05) is 0 Å². The van der Waals surface area contributed by atoms with E-state index in [1.165, 1.54) is 5.57 Å². The zero-order valence-corrected chi connectivity index (χ0v) is 16.2. The minimum absolute atomic E-state index is 0.179. The van der Waals surface area contributed by atoms with Gasteiger partial charge in [0.05, 0.1) is 6.61 Å². The summed E-state index contributed by atoms with van der Waals surface area (Å²) in [6.45, 7) is 6.69. The average molecular weight is 351 g/mol. The Morgan fingerprint density at radius 3 is 2.58 bits per heavy atom. The lowest BCUT2D eigenvalue weighted by Gasteiger charge is -2.15. The Balaban J connectivity index is 2.15. The smallest absolute Gasteiger partial charge is 0.349 e. The third-order valence-electron chi connectivity index (χ3n) is 5.26. The Morgan fingerprint density at radius 1 is 1.23 bits per heavy atom. The number of benzene rings is 1. The van der Waals surface area contributed by atoms with Crippen molar-refractivity contribution in [2.75, 3.05) is 6.61 Å². The molecule has 0 aliphatic heterocycles. The minimum Gasteiger partial charge on any atom is -0.461 e. The van der Waals surface area contributed by atoms with Crippen molar-refractivity contribution in [2.45, 2.75) is 59.3 Å². The predicted octanol–water partition coefficient (Wildman–Crippen LogP) is 5.83. The van der Waals surface area contributed by atoms with E-state index < -0.39 is 5.97 Å². The number of hydrogen-bond donors (Lipinski definition) is 0. The van der Waals surface area contributed by atoms with E-state index in [-0.39, 0.29) is 5.57 Å². The quantitative estimate of drug-likeness (QED) is 0.336. The predicted molar refractivity (Wildman–Crippen MR) is 105 cm³/mol. The van der Waals surface area contributed by atoms with Gasteiger partial charge in [-0.3, -0.25) is 0 Å². The van der Waals surface area contributed by atoms with Crippen LogP contribution >= 0.6 is 0 Å². The van der Waals surface area contributed by atoms with Gasteiger partial charge >= 0.3 is 5.97 Å². The number of hydrogen-bond acceptors (Lipinski definition) is 3. The van der Waals surface area contributed by atoms with Crippen molar-refractivity contribution in [1.29, 1.82) is 5.26 Å². The number of carbonyl (C=O) groups is 1. The number of unbranched alkanes of at least 4 members (excludes halogenated alkanes) is 1. The number of nitrogens with zero attached hydrogens (tertiary/aromatic N) is 1. The van der Waals surface area contributed by atoms with Crippen LogP contribution < -0.4 is 0 Å². The fraction of sp³-hybridized carbons (Fsp3) is 0.478. The van der Waals surface area contributed by atoms with E-state index in [0.29, 0.717) is 12.5 Å². The van der Waals surface area contributed by atoms with E-state index in [9.17, 15) is 10.1 Å². The molecule has 0 fully saturated rings. The molecular weight excluding hydrogens is 322 g/mol. The first-order chi connectivity index (χ1) is 12.6. The monoisotopic (exact) mass is 351 g/mol. The Bertz CT molecular complexity index is 722. The van der Waals surface area contributed by atoms with Gasteiger partial charge in [-0.05, 0) is 54.4 Å². The van der Waals surface area contributed by atoms with E-state index >= 15 is 0 Å². The lowest BCUT2D eigenvalue weighted by Crippen LogP contribution is -2.16. The van der Waals surface area contributed by atoms with Crippen LogP contribution in [-0.4, -0.2) is 12.6 Å². The molecule has 0 bridgehead atoms. The molecule has 0 aromatic heterocycles. The molecule has 0 heterocycles. The van der Waals surface area contributed by atoms with Gasteiger partial charge in [0.2, 0.25) is 0 Å². The topological polar surface area (TPSA) is 50.1 Å². The second kappa shape index (κ2) is 9.97. The first-order valence-electron chi connectivity index (χ1n) is 9.68. The number of allylic oxidation sites excluding steroid dienone is 3. The molecule has 1 aliphatic carbocycles. The average Bonchev–Trinajstić information content (AvgIpc) is 3.04. The molecule has 0 spiro atoms. The van der Waals surface area contributed by atoms with E-state index in [4.69, 9.17) is 4.74 Å². The van der Waals surface area contributed by atoms with Gasteiger partial charge in [0.25, 0.3) is 0 Å². The maximum absolute atomic E-state index is 12.5. The number of esters is 1. The summed E-state index contributed by atoms with van der Waals surface area (Å²) in [4.78, 5) is 12.5. The summed E-state index contributed by atoms with van der Waals surface area (Å²) in [6, 6.07) is 12.3. The molecule has 26 heavy (non-hydrogen) atoms. The van der Waals surface area contributed by atoms with Crippen molar-refractivity contribution in [1.82, 2.24) is 0 Å². The van der Waals surface area contributed by atoms with Gasteiger partial charge in [0.1, 0.15) is 11.6 Å². The molecule has 138 valence electrons. The summed E-state index contributed by atoms with van der Waals surface area (Å²) in [5.74, 6) is -0.0879. The van der Waals surface area contributed by atoms with Crippen molar-refractivity contribution >= 4 is 11.5 Å². The van der Waals surface area contributed by atoms with Crippen LogP contribution in [0.15, 0.2) is 47.1 Å². The summed E-state index contributed by atoms with van der Waals surface area (Å²) >= 11 is 0. The van der Waals surface area contributed by atoms with Crippen LogP contribution in [0.4, 0.5) is 0 Å². The highest BCUT2D eigenvalue weighted by atomic mass is 16.5. The fourth-order valence-corrected chi connectivity index (χ4v) is 3.52. The summed E-state index contributed by atoms with van der Waals surface area (Å²) in [5, 5.41) is 9.56. The van der Waals surface area contributed by atoms with Gasteiger partial charge < -0.3 is 4.74 Å². The Hall–Kier alpha value is -2.34. The first kappa shape index (κ1) is 20.0. The summed E-state index contributed by atoms with van der Waals surface area (Å²) in [5.41, 5.74) is 4.45. The highest BCUT2D eigenvalue weighted by Crippen LogP contribution is 2.39. The lowest BCUT2D eigenvalue weighted by molar-refractivity contribution is -0.140. The third kappa shape index (κ3) is 4.85. The van der Waals surface area contributed by atoms with Crippen LogP contribution in [-0.2, 0) is 9.53 Å². The second-order valence-electron chi connectivity index (χ2n) is 6.95. The molecule has 0 N–H and O–H groups in total. The molecule has 0 saturated carbocycles. The number of carbonyl (C=O) groups excluding carboxylic acids is 1. The molecule has 3 heteroatoms. The largest absolute Gasteiger partial charge is 0.461 e. The highest BCUT2D eigenvalue weighted by Gasteiger charge is 2.25. The molecular formula is C23H29NO2. The molecule has 3 nitrogen and oxygen atoms in total. The highest BCUT2D eigenvalue weighted by molar-refractivity contribution is 5.96. The molecule has 2 rings (SSSR count). The number of ether oxygens (including phenoxy) is 1. The van der Waals surface area contributed by atoms with Crippen LogP contribution in [0.5, 0.6) is 0 Å². The molecule has 0 amide bonds. The second-order valence-corrected chi connectivity index (χ2v) is 6.95. The van der Waals surface area contributed by atoms with Gasteiger partial charge in [-0.25, -0.2) is 4.79 Å². The van der Waals surface area contributed by atoms with E-state index in [2.05, 4.69) is 32.0 Å². The van der Waals surface area contributed by atoms with Gasteiger partial charge in [0.15, 0.2) is 0 Å². The standard InChI is InChI=1S/C23H29NO2/c1-4-6-10-18(5-2)16-26-23(25)22(15-24)21-14-13-20(17(21)3)19-11-8-7-9-12-19/h7-9,11-12,18H,4-6,10,13-14,16H2,1-3H3/b22-21+. The van der Waals surface area contributed by atoms with Crippen molar-refractivity contribution in [3.63, 3.8) is 0 Å². The Labute approximate surface area is 157 Å².